The molecule has 2 heterocycles. The molecule has 0 atom stereocenters. The van der Waals surface area contributed by atoms with E-state index in [-0.39, 0.29) is 0 Å². The van der Waals surface area contributed by atoms with Crippen LogP contribution >= 0.6 is 55.1 Å². The Balaban J connectivity index is 2.00. The summed E-state index contributed by atoms with van der Waals surface area (Å²) in [5.74, 6) is 0. The van der Waals surface area contributed by atoms with Gasteiger partial charge in [-0.25, -0.2) is 0 Å². The maximum Gasteiger partial charge on any atom is 0.0444 e. The second-order valence-corrected chi connectivity index (χ2v) is 8.68. The van der Waals surface area contributed by atoms with Crippen molar-refractivity contribution in [2.24, 2.45) is 0 Å². The Bertz CT molecular complexity index is 1050. The molecule has 2 aromatic heterocycles. The first kappa shape index (κ1) is 19.6. The lowest BCUT2D eigenvalue weighted by Gasteiger charge is -2.17. The van der Waals surface area contributed by atoms with Crippen molar-refractivity contribution in [1.82, 2.24) is 9.97 Å². The van der Waals surface area contributed by atoms with Crippen LogP contribution in [-0.2, 0) is 0 Å². The summed E-state index contributed by atoms with van der Waals surface area (Å²) in [6, 6.07) is 15.5. The molecular formula is C22H12Br2Cl2N2. The highest BCUT2D eigenvalue weighted by molar-refractivity contribution is 9.11. The predicted octanol–water partition coefficient (Wildman–Crippen LogP) is 8.31. The number of nitrogens with zero attached hydrogens (tertiary/aromatic N) is 2. The molecule has 0 saturated heterocycles. The van der Waals surface area contributed by atoms with Gasteiger partial charge >= 0.3 is 0 Å². The van der Waals surface area contributed by atoms with Crippen molar-refractivity contribution in [3.05, 3.63) is 92.3 Å². The summed E-state index contributed by atoms with van der Waals surface area (Å²) in [5, 5.41) is 1.39. The van der Waals surface area contributed by atoms with E-state index in [0.717, 1.165) is 42.3 Å². The average molecular weight is 535 g/mol. The van der Waals surface area contributed by atoms with E-state index in [2.05, 4.69) is 41.8 Å². The van der Waals surface area contributed by atoms with Crippen molar-refractivity contribution in [2.45, 2.75) is 0 Å². The summed E-state index contributed by atoms with van der Waals surface area (Å²) in [6.07, 6.45) is 7.32. The van der Waals surface area contributed by atoms with Crippen LogP contribution in [0.4, 0.5) is 0 Å². The second kappa shape index (κ2) is 8.34. The van der Waals surface area contributed by atoms with Crippen LogP contribution < -0.4 is 0 Å². The predicted molar refractivity (Wildman–Crippen MR) is 124 cm³/mol. The number of hydrogen-bond acceptors (Lipinski definition) is 2. The zero-order valence-corrected chi connectivity index (χ0v) is 19.0. The quantitative estimate of drug-likeness (QED) is 0.264. The normalized spacial score (nSPS) is 10.9. The number of pyridine rings is 2. The van der Waals surface area contributed by atoms with Gasteiger partial charge in [-0.2, -0.15) is 0 Å². The third-order valence-corrected chi connectivity index (χ3v) is 6.07. The first-order valence-corrected chi connectivity index (χ1v) is 10.7. The molecule has 2 nitrogen and oxygen atoms in total. The average Bonchev–Trinajstić information content (AvgIpc) is 2.69. The Morgan fingerprint density at radius 3 is 1.25 bits per heavy atom. The molecule has 0 spiro atoms. The van der Waals surface area contributed by atoms with E-state index in [1.165, 1.54) is 0 Å². The number of halogens is 4. The van der Waals surface area contributed by atoms with Gasteiger partial charge in [0, 0.05) is 66.0 Å². The lowest BCUT2D eigenvalue weighted by molar-refractivity contribution is 1.28. The van der Waals surface area contributed by atoms with Gasteiger partial charge in [0.15, 0.2) is 0 Å². The second-order valence-electron chi connectivity index (χ2n) is 6.10. The Hall–Kier alpha value is -1.72. The smallest absolute Gasteiger partial charge is 0.0444 e. The van der Waals surface area contributed by atoms with Crippen LogP contribution in [-0.4, -0.2) is 9.97 Å². The lowest BCUT2D eigenvalue weighted by Crippen LogP contribution is -1.94. The third-order valence-electron chi connectivity index (χ3n) is 4.36. The SMILES string of the molecule is Clc1ccc(-c2cncc(Br)c2-c2c(Br)cncc2-c2ccc(Cl)cc2)cc1. The van der Waals surface area contributed by atoms with Crippen molar-refractivity contribution >= 4 is 55.1 Å². The van der Waals surface area contributed by atoms with E-state index < -0.39 is 0 Å². The Morgan fingerprint density at radius 1 is 0.536 bits per heavy atom. The minimum atomic E-state index is 0.695. The highest BCUT2D eigenvalue weighted by Gasteiger charge is 2.19. The fourth-order valence-electron chi connectivity index (χ4n) is 3.07. The summed E-state index contributed by atoms with van der Waals surface area (Å²) in [7, 11) is 0. The van der Waals surface area contributed by atoms with Gasteiger partial charge < -0.3 is 0 Å². The van der Waals surface area contributed by atoms with Gasteiger partial charge in [-0.3, -0.25) is 9.97 Å². The Kier molecular flexibility index (Phi) is 5.83. The Labute approximate surface area is 189 Å². The summed E-state index contributed by atoms with van der Waals surface area (Å²) >= 11 is 19.6. The standard InChI is InChI=1S/C22H12Br2Cl2N2/c23-19-11-27-9-17(13-1-5-15(25)6-2-13)21(19)22-18(10-28-12-20(22)24)14-3-7-16(26)8-4-14/h1-12H. The molecule has 4 rings (SSSR count). The molecule has 28 heavy (non-hydrogen) atoms. The molecule has 0 fully saturated rings. The first-order valence-electron chi connectivity index (χ1n) is 8.34. The molecule has 0 radical (unpaired) electrons. The molecule has 0 aliphatic carbocycles. The summed E-state index contributed by atoms with van der Waals surface area (Å²) < 4.78 is 1.78. The minimum Gasteiger partial charge on any atom is -0.263 e. The van der Waals surface area contributed by atoms with Gasteiger partial charge in [-0.1, -0.05) is 47.5 Å². The first-order chi connectivity index (χ1) is 13.5. The molecule has 0 unspecified atom stereocenters. The third kappa shape index (κ3) is 3.87. The van der Waals surface area contributed by atoms with Crippen molar-refractivity contribution in [3.63, 3.8) is 0 Å². The lowest BCUT2D eigenvalue weighted by atomic mass is 9.92. The fourth-order valence-corrected chi connectivity index (χ4v) is 4.39. The number of aromatic nitrogens is 2. The molecule has 6 heteroatoms. The van der Waals surface area contributed by atoms with Crippen molar-refractivity contribution in [3.8, 4) is 33.4 Å². The molecule has 138 valence electrons. The van der Waals surface area contributed by atoms with Crippen molar-refractivity contribution in [2.75, 3.05) is 0 Å². The van der Waals surface area contributed by atoms with Crippen LogP contribution in [0.2, 0.25) is 10.0 Å². The van der Waals surface area contributed by atoms with E-state index in [1.807, 2.05) is 60.9 Å². The monoisotopic (exact) mass is 532 g/mol. The van der Waals surface area contributed by atoms with Gasteiger partial charge in [0.05, 0.1) is 0 Å². The maximum atomic E-state index is 6.08. The van der Waals surface area contributed by atoms with Crippen LogP contribution in [0, 0.1) is 0 Å². The van der Waals surface area contributed by atoms with E-state index in [0.29, 0.717) is 10.0 Å². The van der Waals surface area contributed by atoms with E-state index >= 15 is 0 Å². The van der Waals surface area contributed by atoms with Crippen LogP contribution in [0.15, 0.2) is 82.3 Å². The number of hydrogen-bond donors (Lipinski definition) is 0. The maximum absolute atomic E-state index is 6.08. The van der Waals surface area contributed by atoms with Gasteiger partial charge in [-0.15, -0.1) is 0 Å². The van der Waals surface area contributed by atoms with Gasteiger partial charge in [-0.05, 0) is 67.3 Å². The van der Waals surface area contributed by atoms with Crippen LogP contribution in [0.3, 0.4) is 0 Å². The minimum absolute atomic E-state index is 0.695. The van der Waals surface area contributed by atoms with E-state index in [4.69, 9.17) is 23.2 Å². The molecular weight excluding hydrogens is 523 g/mol. The molecule has 0 amide bonds. The molecule has 0 saturated carbocycles. The van der Waals surface area contributed by atoms with Crippen LogP contribution in [0.1, 0.15) is 0 Å². The summed E-state index contributed by atoms with van der Waals surface area (Å²) in [6.45, 7) is 0. The highest BCUT2D eigenvalue weighted by atomic mass is 79.9. The molecule has 0 bridgehead atoms. The number of rotatable bonds is 3. The zero-order chi connectivity index (χ0) is 19.7. The molecule has 2 aromatic carbocycles. The Morgan fingerprint density at radius 2 is 0.893 bits per heavy atom. The van der Waals surface area contributed by atoms with Gasteiger partial charge in [0.25, 0.3) is 0 Å². The van der Waals surface area contributed by atoms with Gasteiger partial charge in [0.2, 0.25) is 0 Å². The highest BCUT2D eigenvalue weighted by Crippen LogP contribution is 2.45. The number of benzene rings is 2. The van der Waals surface area contributed by atoms with Crippen LogP contribution in [0.25, 0.3) is 33.4 Å². The topological polar surface area (TPSA) is 25.8 Å². The van der Waals surface area contributed by atoms with E-state index in [9.17, 15) is 0 Å². The van der Waals surface area contributed by atoms with Crippen molar-refractivity contribution < 1.29 is 0 Å². The van der Waals surface area contributed by atoms with Gasteiger partial charge in [0.1, 0.15) is 0 Å². The largest absolute Gasteiger partial charge is 0.263 e. The molecule has 4 aromatic rings. The zero-order valence-electron chi connectivity index (χ0n) is 14.3. The summed E-state index contributed by atoms with van der Waals surface area (Å²) in [5.41, 5.74) is 6.09. The van der Waals surface area contributed by atoms with E-state index in [1.54, 1.807) is 12.4 Å². The van der Waals surface area contributed by atoms with Crippen molar-refractivity contribution in [1.29, 1.82) is 0 Å². The van der Waals surface area contributed by atoms with Crippen LogP contribution in [0.5, 0.6) is 0 Å². The molecule has 0 aliphatic rings. The molecule has 0 aliphatic heterocycles. The molecule has 0 N–H and O–H groups in total. The fraction of sp³-hybridized carbons (Fsp3) is 0. The summed E-state index contributed by atoms with van der Waals surface area (Å²) in [4.78, 5) is 8.77.